The van der Waals surface area contributed by atoms with Crippen molar-refractivity contribution in [2.45, 2.75) is 32.9 Å². The van der Waals surface area contributed by atoms with Crippen LogP contribution >= 0.6 is 0 Å². The summed E-state index contributed by atoms with van der Waals surface area (Å²) in [5, 5.41) is 0. The first-order chi connectivity index (χ1) is 10.3. The highest BCUT2D eigenvalue weighted by molar-refractivity contribution is 5.81. The van der Waals surface area contributed by atoms with Gasteiger partial charge in [-0.3, -0.25) is 0 Å². The number of fused-ring (bicyclic) bond motifs is 1. The molecule has 0 amide bonds. The molecule has 114 valence electrons. The lowest BCUT2D eigenvalue weighted by Crippen LogP contribution is -2.37. The Morgan fingerprint density at radius 1 is 1.14 bits per heavy atom. The highest BCUT2D eigenvalue weighted by Gasteiger charge is 2.19. The monoisotopic (exact) mass is 294 g/mol. The highest BCUT2D eigenvalue weighted by Crippen LogP contribution is 2.28. The molecular formula is C18H22N4. The summed E-state index contributed by atoms with van der Waals surface area (Å²) in [6, 6.07) is 14.2. The summed E-state index contributed by atoms with van der Waals surface area (Å²) >= 11 is 0. The highest BCUT2D eigenvalue weighted by atomic mass is 15.1. The van der Waals surface area contributed by atoms with E-state index in [0.717, 1.165) is 33.7 Å². The van der Waals surface area contributed by atoms with Crippen molar-refractivity contribution in [3.8, 4) is 11.4 Å². The van der Waals surface area contributed by atoms with E-state index in [9.17, 15) is 0 Å². The van der Waals surface area contributed by atoms with Crippen molar-refractivity contribution in [1.82, 2.24) is 9.55 Å². The maximum Gasteiger partial charge on any atom is 0.141 e. The molecule has 0 aliphatic heterocycles. The van der Waals surface area contributed by atoms with E-state index in [0.29, 0.717) is 6.54 Å². The van der Waals surface area contributed by atoms with Crippen LogP contribution in [0.5, 0.6) is 0 Å². The molecule has 4 heteroatoms. The van der Waals surface area contributed by atoms with Crippen LogP contribution in [0.25, 0.3) is 22.4 Å². The van der Waals surface area contributed by atoms with E-state index in [1.54, 1.807) is 0 Å². The van der Waals surface area contributed by atoms with Gasteiger partial charge in [0.25, 0.3) is 0 Å². The topological polar surface area (TPSA) is 69.9 Å². The zero-order valence-electron chi connectivity index (χ0n) is 13.3. The number of benzene rings is 2. The standard InChI is InChI=1S/C18H22N4/c1-12-8-9-13(10-14(12)19)17-21-15-6-4-5-7-16(15)22(17)11-18(2,3)20/h4-10H,11,19-20H2,1-3H3. The van der Waals surface area contributed by atoms with Crippen molar-refractivity contribution in [3.63, 3.8) is 0 Å². The van der Waals surface area contributed by atoms with Gasteiger partial charge >= 0.3 is 0 Å². The number of para-hydroxylation sites is 2. The van der Waals surface area contributed by atoms with E-state index in [1.807, 2.05) is 51.1 Å². The van der Waals surface area contributed by atoms with Crippen molar-refractivity contribution in [1.29, 1.82) is 0 Å². The van der Waals surface area contributed by atoms with Gasteiger partial charge in [0.05, 0.1) is 11.0 Å². The van der Waals surface area contributed by atoms with Crippen LogP contribution in [0, 0.1) is 6.92 Å². The number of hydrogen-bond acceptors (Lipinski definition) is 3. The van der Waals surface area contributed by atoms with Crippen LogP contribution in [0.3, 0.4) is 0 Å². The van der Waals surface area contributed by atoms with E-state index in [4.69, 9.17) is 16.5 Å². The Balaban J connectivity index is 2.23. The zero-order valence-corrected chi connectivity index (χ0v) is 13.3. The Hall–Kier alpha value is -2.33. The molecule has 0 radical (unpaired) electrons. The molecular weight excluding hydrogens is 272 g/mol. The average molecular weight is 294 g/mol. The lowest BCUT2D eigenvalue weighted by molar-refractivity contribution is 0.442. The van der Waals surface area contributed by atoms with Gasteiger partial charge in [-0.05, 0) is 44.5 Å². The number of nitrogens with zero attached hydrogens (tertiary/aromatic N) is 2. The maximum atomic E-state index is 6.25. The molecule has 0 aliphatic carbocycles. The minimum absolute atomic E-state index is 0.325. The summed E-state index contributed by atoms with van der Waals surface area (Å²) < 4.78 is 2.18. The van der Waals surface area contributed by atoms with Gasteiger partial charge in [0.2, 0.25) is 0 Å². The van der Waals surface area contributed by atoms with Gasteiger partial charge in [0, 0.05) is 23.3 Å². The molecule has 3 aromatic rings. The van der Waals surface area contributed by atoms with Gasteiger partial charge in [0.1, 0.15) is 5.82 Å². The van der Waals surface area contributed by atoms with E-state index in [1.165, 1.54) is 0 Å². The van der Waals surface area contributed by atoms with E-state index >= 15 is 0 Å². The van der Waals surface area contributed by atoms with Crippen LogP contribution in [0.4, 0.5) is 5.69 Å². The summed E-state index contributed by atoms with van der Waals surface area (Å²) in [7, 11) is 0. The first-order valence-electron chi connectivity index (χ1n) is 7.46. The molecule has 0 spiro atoms. The van der Waals surface area contributed by atoms with E-state index in [-0.39, 0.29) is 5.54 Å². The normalized spacial score (nSPS) is 12.0. The van der Waals surface area contributed by atoms with Gasteiger partial charge in [0.15, 0.2) is 0 Å². The molecule has 4 nitrogen and oxygen atoms in total. The molecule has 0 unspecified atom stereocenters. The van der Waals surface area contributed by atoms with Crippen molar-refractivity contribution < 1.29 is 0 Å². The van der Waals surface area contributed by atoms with Gasteiger partial charge in [-0.2, -0.15) is 0 Å². The Morgan fingerprint density at radius 3 is 2.55 bits per heavy atom. The molecule has 1 aromatic heterocycles. The number of aromatic nitrogens is 2. The second-order valence-corrected chi connectivity index (χ2v) is 6.57. The number of nitrogen functional groups attached to an aromatic ring is 1. The third-order valence-electron chi connectivity index (χ3n) is 3.76. The zero-order chi connectivity index (χ0) is 15.9. The fourth-order valence-corrected chi connectivity index (χ4v) is 2.64. The molecule has 0 saturated heterocycles. The number of imidazole rings is 1. The molecule has 4 N–H and O–H groups in total. The Morgan fingerprint density at radius 2 is 1.86 bits per heavy atom. The number of anilines is 1. The second kappa shape index (κ2) is 5.14. The summed E-state index contributed by atoms with van der Waals surface area (Å²) in [6.45, 7) is 6.74. The lowest BCUT2D eigenvalue weighted by Gasteiger charge is -2.21. The van der Waals surface area contributed by atoms with Crippen LogP contribution in [0.1, 0.15) is 19.4 Å². The third-order valence-corrected chi connectivity index (χ3v) is 3.76. The summed E-state index contributed by atoms with van der Waals surface area (Å²) in [5.41, 5.74) is 16.9. The number of aryl methyl sites for hydroxylation is 1. The van der Waals surface area contributed by atoms with Crippen LogP contribution in [-0.2, 0) is 6.54 Å². The molecule has 0 aliphatic rings. The molecule has 3 rings (SSSR count). The molecule has 1 heterocycles. The van der Waals surface area contributed by atoms with Crippen molar-refractivity contribution >= 4 is 16.7 Å². The fourth-order valence-electron chi connectivity index (χ4n) is 2.64. The number of nitrogens with two attached hydrogens (primary N) is 2. The van der Waals surface area contributed by atoms with Crippen LogP contribution in [-0.4, -0.2) is 15.1 Å². The predicted octanol–water partition coefficient (Wildman–Crippen LogP) is 3.33. The molecule has 0 saturated carbocycles. The van der Waals surface area contributed by atoms with Crippen LogP contribution in [0.2, 0.25) is 0 Å². The number of hydrogen-bond donors (Lipinski definition) is 2. The van der Waals surface area contributed by atoms with Gasteiger partial charge < -0.3 is 16.0 Å². The SMILES string of the molecule is Cc1ccc(-c2nc3ccccc3n2CC(C)(C)N)cc1N. The Bertz CT molecular complexity index is 825. The average Bonchev–Trinajstić information content (AvgIpc) is 2.79. The van der Waals surface area contributed by atoms with Gasteiger partial charge in [-0.1, -0.05) is 24.3 Å². The molecule has 22 heavy (non-hydrogen) atoms. The molecule has 0 fully saturated rings. The minimum Gasteiger partial charge on any atom is -0.398 e. The van der Waals surface area contributed by atoms with E-state index in [2.05, 4.69) is 16.7 Å². The third kappa shape index (κ3) is 2.70. The van der Waals surface area contributed by atoms with E-state index < -0.39 is 0 Å². The second-order valence-electron chi connectivity index (χ2n) is 6.57. The first-order valence-corrected chi connectivity index (χ1v) is 7.46. The molecule has 0 atom stereocenters. The summed E-state index contributed by atoms with van der Waals surface area (Å²) in [6.07, 6.45) is 0. The largest absolute Gasteiger partial charge is 0.398 e. The van der Waals surface area contributed by atoms with Crippen molar-refractivity contribution in [2.75, 3.05) is 5.73 Å². The predicted molar refractivity (Wildman–Crippen MR) is 92.6 cm³/mol. The smallest absolute Gasteiger partial charge is 0.141 e. The fraction of sp³-hybridized carbons (Fsp3) is 0.278. The molecule has 2 aromatic carbocycles. The first kappa shape index (κ1) is 14.6. The quantitative estimate of drug-likeness (QED) is 0.728. The van der Waals surface area contributed by atoms with Crippen molar-refractivity contribution in [2.24, 2.45) is 5.73 Å². The van der Waals surface area contributed by atoms with Crippen LogP contribution in [0.15, 0.2) is 42.5 Å². The number of rotatable bonds is 3. The van der Waals surface area contributed by atoms with Gasteiger partial charge in [-0.15, -0.1) is 0 Å². The Labute approximate surface area is 130 Å². The van der Waals surface area contributed by atoms with Crippen LogP contribution < -0.4 is 11.5 Å². The molecule has 0 bridgehead atoms. The van der Waals surface area contributed by atoms with Gasteiger partial charge in [-0.25, -0.2) is 4.98 Å². The summed E-state index contributed by atoms with van der Waals surface area (Å²) in [4.78, 5) is 4.79. The lowest BCUT2D eigenvalue weighted by atomic mass is 10.1. The maximum absolute atomic E-state index is 6.25. The minimum atomic E-state index is -0.325. The Kier molecular flexibility index (Phi) is 3.41. The van der Waals surface area contributed by atoms with Crippen molar-refractivity contribution in [3.05, 3.63) is 48.0 Å². The summed E-state index contributed by atoms with van der Waals surface area (Å²) in [5.74, 6) is 0.909.